The first-order chi connectivity index (χ1) is 8.48. The molecule has 0 saturated carbocycles. The van der Waals surface area contributed by atoms with Gasteiger partial charge in [-0.25, -0.2) is 4.79 Å². The molecule has 0 unspecified atom stereocenters. The third-order valence-corrected chi connectivity index (χ3v) is 3.57. The van der Waals surface area contributed by atoms with Crippen LogP contribution in [0.4, 0.5) is 0 Å². The van der Waals surface area contributed by atoms with Gasteiger partial charge in [-0.15, -0.1) is 0 Å². The largest absolute Gasteiger partial charge is 0.478 e. The third-order valence-electron chi connectivity index (χ3n) is 3.57. The summed E-state index contributed by atoms with van der Waals surface area (Å²) in [4.78, 5) is 13.3. The molecule has 0 bridgehead atoms. The minimum Gasteiger partial charge on any atom is -0.478 e. The van der Waals surface area contributed by atoms with Crippen molar-refractivity contribution in [3.63, 3.8) is 0 Å². The molecular formula is C14H19NO3. The average Bonchev–Trinajstić information content (AvgIpc) is 2.32. The smallest absolute Gasteiger partial charge is 0.336 e. The second-order valence-electron chi connectivity index (χ2n) is 5.24. The van der Waals surface area contributed by atoms with Crippen molar-refractivity contribution < 1.29 is 15.0 Å². The van der Waals surface area contributed by atoms with Crippen LogP contribution in [0.15, 0.2) is 24.3 Å². The van der Waals surface area contributed by atoms with E-state index in [0.29, 0.717) is 12.1 Å². The van der Waals surface area contributed by atoms with Crippen molar-refractivity contribution in [1.29, 1.82) is 0 Å². The molecule has 0 atom stereocenters. The van der Waals surface area contributed by atoms with Crippen LogP contribution in [-0.4, -0.2) is 39.8 Å². The van der Waals surface area contributed by atoms with Crippen molar-refractivity contribution in [1.82, 2.24) is 4.90 Å². The van der Waals surface area contributed by atoms with Gasteiger partial charge in [-0.1, -0.05) is 18.2 Å². The predicted octanol–water partition coefficient (Wildman–Crippen LogP) is 1.73. The summed E-state index contributed by atoms with van der Waals surface area (Å²) in [7, 11) is 0. The van der Waals surface area contributed by atoms with E-state index < -0.39 is 11.6 Å². The van der Waals surface area contributed by atoms with Crippen molar-refractivity contribution in [2.45, 2.75) is 31.9 Å². The summed E-state index contributed by atoms with van der Waals surface area (Å²) in [6.45, 7) is 4.11. The number of aliphatic hydroxyl groups is 1. The number of carboxylic acid groups (broad SMARTS) is 1. The van der Waals surface area contributed by atoms with Gasteiger partial charge in [0.2, 0.25) is 0 Å². The van der Waals surface area contributed by atoms with Crippen molar-refractivity contribution >= 4 is 5.97 Å². The number of hydrogen-bond acceptors (Lipinski definition) is 3. The molecule has 1 aromatic carbocycles. The average molecular weight is 249 g/mol. The lowest BCUT2D eigenvalue weighted by molar-refractivity contribution is -0.00741. The molecule has 98 valence electrons. The van der Waals surface area contributed by atoms with Crippen LogP contribution in [0.2, 0.25) is 0 Å². The van der Waals surface area contributed by atoms with Crippen LogP contribution in [0.5, 0.6) is 0 Å². The maximum atomic E-state index is 11.1. The molecule has 1 aliphatic rings. The first-order valence-corrected chi connectivity index (χ1v) is 6.24. The molecule has 4 heteroatoms. The van der Waals surface area contributed by atoms with Gasteiger partial charge in [-0.05, 0) is 31.4 Å². The summed E-state index contributed by atoms with van der Waals surface area (Å²) in [6.07, 6.45) is 1.48. The highest BCUT2D eigenvalue weighted by atomic mass is 16.4. The van der Waals surface area contributed by atoms with E-state index in [0.717, 1.165) is 31.5 Å². The van der Waals surface area contributed by atoms with Gasteiger partial charge in [-0.3, -0.25) is 4.90 Å². The number of piperidine rings is 1. The van der Waals surface area contributed by atoms with Gasteiger partial charge in [0, 0.05) is 19.6 Å². The number of benzene rings is 1. The Hall–Kier alpha value is -1.39. The van der Waals surface area contributed by atoms with E-state index in [1.807, 2.05) is 19.1 Å². The van der Waals surface area contributed by atoms with E-state index in [4.69, 9.17) is 5.11 Å². The first-order valence-electron chi connectivity index (χ1n) is 6.24. The van der Waals surface area contributed by atoms with Crippen LogP contribution in [0.3, 0.4) is 0 Å². The van der Waals surface area contributed by atoms with E-state index in [9.17, 15) is 9.90 Å². The fourth-order valence-corrected chi connectivity index (χ4v) is 2.30. The second kappa shape index (κ2) is 5.08. The van der Waals surface area contributed by atoms with Gasteiger partial charge in [0.15, 0.2) is 0 Å². The monoisotopic (exact) mass is 249 g/mol. The van der Waals surface area contributed by atoms with E-state index in [-0.39, 0.29) is 0 Å². The Morgan fingerprint density at radius 2 is 1.94 bits per heavy atom. The summed E-state index contributed by atoms with van der Waals surface area (Å²) in [5, 5.41) is 19.0. The SMILES string of the molecule is CC1(O)CCN(Cc2ccccc2C(=O)O)CC1. The minimum atomic E-state index is -0.880. The van der Waals surface area contributed by atoms with E-state index in [1.54, 1.807) is 12.1 Å². The summed E-state index contributed by atoms with van der Waals surface area (Å²) in [6, 6.07) is 7.10. The molecule has 1 heterocycles. The number of rotatable bonds is 3. The van der Waals surface area contributed by atoms with E-state index in [2.05, 4.69) is 4.90 Å². The highest BCUT2D eigenvalue weighted by Gasteiger charge is 2.27. The first kappa shape index (κ1) is 13.1. The highest BCUT2D eigenvalue weighted by molar-refractivity contribution is 5.89. The van der Waals surface area contributed by atoms with Crippen LogP contribution in [0, 0.1) is 0 Å². The lowest BCUT2D eigenvalue weighted by atomic mass is 9.93. The predicted molar refractivity (Wildman–Crippen MR) is 68.5 cm³/mol. The van der Waals surface area contributed by atoms with E-state index in [1.165, 1.54) is 0 Å². The number of aromatic carboxylic acids is 1. The Balaban J connectivity index is 2.04. The molecule has 0 amide bonds. The molecule has 1 fully saturated rings. The van der Waals surface area contributed by atoms with Crippen molar-refractivity contribution in [3.8, 4) is 0 Å². The molecule has 0 aromatic heterocycles. The van der Waals surface area contributed by atoms with Crippen LogP contribution in [0.1, 0.15) is 35.7 Å². The van der Waals surface area contributed by atoms with Crippen molar-refractivity contribution in [2.75, 3.05) is 13.1 Å². The lowest BCUT2D eigenvalue weighted by Gasteiger charge is -2.35. The van der Waals surface area contributed by atoms with Gasteiger partial charge in [0.25, 0.3) is 0 Å². The fourth-order valence-electron chi connectivity index (χ4n) is 2.30. The summed E-state index contributed by atoms with van der Waals surface area (Å²) in [5.74, 6) is -0.880. The van der Waals surface area contributed by atoms with Crippen LogP contribution >= 0.6 is 0 Å². The summed E-state index contributed by atoms with van der Waals surface area (Å²) < 4.78 is 0. The van der Waals surface area contributed by atoms with Crippen LogP contribution < -0.4 is 0 Å². The number of hydrogen-bond donors (Lipinski definition) is 2. The summed E-state index contributed by atoms with van der Waals surface area (Å²) >= 11 is 0. The Kier molecular flexibility index (Phi) is 3.68. The number of nitrogens with zero attached hydrogens (tertiary/aromatic N) is 1. The minimum absolute atomic E-state index is 0.370. The lowest BCUT2D eigenvalue weighted by Crippen LogP contribution is -2.42. The van der Waals surface area contributed by atoms with Crippen LogP contribution in [-0.2, 0) is 6.54 Å². The van der Waals surface area contributed by atoms with Gasteiger partial charge >= 0.3 is 5.97 Å². The molecule has 4 nitrogen and oxygen atoms in total. The molecule has 1 aromatic rings. The molecule has 1 saturated heterocycles. The van der Waals surface area contributed by atoms with E-state index >= 15 is 0 Å². The zero-order valence-electron chi connectivity index (χ0n) is 10.6. The third kappa shape index (κ3) is 3.09. The quantitative estimate of drug-likeness (QED) is 0.856. The number of carboxylic acids is 1. The Morgan fingerprint density at radius 3 is 2.56 bits per heavy atom. The maximum Gasteiger partial charge on any atom is 0.336 e. The van der Waals surface area contributed by atoms with Crippen LogP contribution in [0.25, 0.3) is 0 Å². The number of likely N-dealkylation sites (tertiary alicyclic amines) is 1. The van der Waals surface area contributed by atoms with Gasteiger partial charge in [0.1, 0.15) is 0 Å². The van der Waals surface area contributed by atoms with Gasteiger partial charge in [0.05, 0.1) is 11.2 Å². The molecule has 2 rings (SSSR count). The topological polar surface area (TPSA) is 60.8 Å². The second-order valence-corrected chi connectivity index (χ2v) is 5.24. The zero-order valence-corrected chi connectivity index (χ0v) is 10.6. The van der Waals surface area contributed by atoms with Gasteiger partial charge in [-0.2, -0.15) is 0 Å². The van der Waals surface area contributed by atoms with Crippen molar-refractivity contribution in [3.05, 3.63) is 35.4 Å². The standard InChI is InChI=1S/C14H19NO3/c1-14(18)6-8-15(9-7-14)10-11-4-2-3-5-12(11)13(16)17/h2-5,18H,6-10H2,1H3,(H,16,17). The Labute approximate surface area is 107 Å². The molecule has 0 spiro atoms. The Bertz CT molecular complexity index is 432. The van der Waals surface area contributed by atoms with Crippen molar-refractivity contribution in [2.24, 2.45) is 0 Å². The molecule has 0 radical (unpaired) electrons. The zero-order chi connectivity index (χ0) is 13.2. The molecule has 2 N–H and O–H groups in total. The molecule has 1 aliphatic heterocycles. The maximum absolute atomic E-state index is 11.1. The Morgan fingerprint density at radius 1 is 1.33 bits per heavy atom. The normalized spacial score (nSPS) is 19.7. The number of carbonyl (C=O) groups is 1. The molecule has 18 heavy (non-hydrogen) atoms. The molecule has 0 aliphatic carbocycles. The highest BCUT2D eigenvalue weighted by Crippen LogP contribution is 2.23. The van der Waals surface area contributed by atoms with Gasteiger partial charge < -0.3 is 10.2 Å². The summed E-state index contributed by atoms with van der Waals surface area (Å²) in [5.41, 5.74) is 0.643. The molecular weight excluding hydrogens is 230 g/mol. The fraction of sp³-hybridized carbons (Fsp3) is 0.500.